The topological polar surface area (TPSA) is 55.9 Å². The van der Waals surface area contributed by atoms with Crippen molar-refractivity contribution in [2.75, 3.05) is 33.2 Å². The number of nitrogens with zero attached hydrogens (tertiary/aromatic N) is 3. The lowest BCUT2D eigenvalue weighted by Gasteiger charge is -2.33. The highest BCUT2D eigenvalue weighted by Gasteiger charge is 2.44. The smallest absolute Gasteiger partial charge is 0.239 e. The average molecular weight is 385 g/mol. The summed E-state index contributed by atoms with van der Waals surface area (Å²) in [5, 5.41) is 3.16. The summed E-state index contributed by atoms with van der Waals surface area (Å²) in [6, 6.07) is 10.7. The van der Waals surface area contributed by atoms with Crippen molar-refractivity contribution in [2.45, 2.75) is 56.8 Å². The maximum Gasteiger partial charge on any atom is 0.239 e. The molecule has 1 aromatic carbocycles. The van der Waals surface area contributed by atoms with E-state index >= 15 is 0 Å². The molecule has 28 heavy (non-hydrogen) atoms. The van der Waals surface area contributed by atoms with Gasteiger partial charge < -0.3 is 10.2 Å². The Kier molecular flexibility index (Phi) is 5.97. The lowest BCUT2D eigenvalue weighted by molar-refractivity contribution is -0.130. The molecule has 6 nitrogen and oxygen atoms in total. The minimum atomic E-state index is -0.107. The molecule has 0 aliphatic carbocycles. The second-order valence-corrected chi connectivity index (χ2v) is 8.45. The molecule has 0 bridgehead atoms. The number of fused-ring (bicyclic) bond motifs is 1. The number of amides is 2. The van der Waals surface area contributed by atoms with Crippen molar-refractivity contribution in [2.24, 2.45) is 0 Å². The predicted octanol–water partition coefficient (Wildman–Crippen LogP) is 1.46. The van der Waals surface area contributed by atoms with E-state index in [-0.39, 0.29) is 29.9 Å². The van der Waals surface area contributed by atoms with Gasteiger partial charge >= 0.3 is 0 Å². The fraction of sp³-hybridized carbons (Fsp3) is 0.636. The van der Waals surface area contributed by atoms with Crippen molar-refractivity contribution in [3.05, 3.63) is 35.9 Å². The number of carbonyl (C=O) groups excluding carboxylic acids is 2. The summed E-state index contributed by atoms with van der Waals surface area (Å²) in [4.78, 5) is 32.0. The first-order valence-corrected chi connectivity index (χ1v) is 10.7. The predicted molar refractivity (Wildman–Crippen MR) is 109 cm³/mol. The van der Waals surface area contributed by atoms with E-state index in [1.165, 1.54) is 5.56 Å². The molecular formula is C22H32N4O2. The average Bonchev–Trinajstić information content (AvgIpc) is 3.36. The first-order chi connectivity index (χ1) is 13.6. The minimum absolute atomic E-state index is 0.107. The molecule has 3 heterocycles. The first-order valence-electron chi connectivity index (χ1n) is 10.7. The van der Waals surface area contributed by atoms with Crippen molar-refractivity contribution in [1.29, 1.82) is 0 Å². The summed E-state index contributed by atoms with van der Waals surface area (Å²) in [6.45, 7) is 4.20. The third-order valence-electron chi connectivity index (χ3n) is 6.73. The maximum absolute atomic E-state index is 12.9. The first kappa shape index (κ1) is 19.4. The van der Waals surface area contributed by atoms with E-state index in [0.717, 1.165) is 51.9 Å². The van der Waals surface area contributed by atoms with Gasteiger partial charge in [-0.25, -0.2) is 0 Å². The van der Waals surface area contributed by atoms with E-state index < -0.39 is 0 Å². The van der Waals surface area contributed by atoms with Crippen LogP contribution in [0.1, 0.15) is 37.7 Å². The van der Waals surface area contributed by atoms with Crippen LogP contribution >= 0.6 is 0 Å². The van der Waals surface area contributed by atoms with E-state index in [0.29, 0.717) is 13.0 Å². The van der Waals surface area contributed by atoms with Crippen LogP contribution in [0.3, 0.4) is 0 Å². The quantitative estimate of drug-likeness (QED) is 0.835. The maximum atomic E-state index is 12.9. The lowest BCUT2D eigenvalue weighted by atomic mass is 10.0. The Balaban J connectivity index is 1.39. The van der Waals surface area contributed by atoms with Crippen LogP contribution in [-0.4, -0.2) is 77.9 Å². The van der Waals surface area contributed by atoms with Gasteiger partial charge in [0.05, 0.1) is 0 Å². The van der Waals surface area contributed by atoms with Gasteiger partial charge in [0.15, 0.2) is 0 Å². The van der Waals surface area contributed by atoms with Gasteiger partial charge in [0.2, 0.25) is 11.8 Å². The van der Waals surface area contributed by atoms with Crippen molar-refractivity contribution in [3.8, 4) is 0 Å². The molecule has 0 unspecified atom stereocenters. The van der Waals surface area contributed by atoms with Crippen LogP contribution in [0.2, 0.25) is 0 Å². The normalized spacial score (nSPS) is 28.8. The van der Waals surface area contributed by atoms with E-state index in [1.54, 1.807) is 0 Å². The lowest BCUT2D eigenvalue weighted by Crippen LogP contribution is -2.49. The van der Waals surface area contributed by atoms with Crippen LogP contribution in [0.4, 0.5) is 0 Å². The van der Waals surface area contributed by atoms with E-state index in [1.807, 2.05) is 11.0 Å². The van der Waals surface area contributed by atoms with Gasteiger partial charge in [-0.05, 0) is 38.3 Å². The Bertz CT molecular complexity index is 689. The number of benzene rings is 1. The van der Waals surface area contributed by atoms with Crippen LogP contribution in [0.25, 0.3) is 0 Å². The number of likely N-dealkylation sites (tertiary alicyclic amines) is 2. The molecule has 6 heteroatoms. The summed E-state index contributed by atoms with van der Waals surface area (Å²) >= 11 is 0. The second kappa shape index (κ2) is 8.62. The number of rotatable bonds is 5. The van der Waals surface area contributed by atoms with E-state index in [4.69, 9.17) is 0 Å². The molecule has 152 valence electrons. The minimum Gasteiger partial charge on any atom is -0.353 e. The van der Waals surface area contributed by atoms with Crippen molar-refractivity contribution in [1.82, 2.24) is 20.0 Å². The zero-order valence-corrected chi connectivity index (χ0v) is 16.8. The van der Waals surface area contributed by atoms with Crippen LogP contribution in [-0.2, 0) is 16.1 Å². The monoisotopic (exact) mass is 384 g/mol. The summed E-state index contributed by atoms with van der Waals surface area (Å²) in [5.41, 5.74) is 1.25. The van der Waals surface area contributed by atoms with Crippen LogP contribution in [0, 0.1) is 0 Å². The molecule has 3 saturated heterocycles. The largest absolute Gasteiger partial charge is 0.353 e. The highest BCUT2D eigenvalue weighted by Crippen LogP contribution is 2.28. The highest BCUT2D eigenvalue weighted by molar-refractivity contribution is 5.83. The van der Waals surface area contributed by atoms with Gasteiger partial charge in [-0.3, -0.25) is 19.4 Å². The zero-order chi connectivity index (χ0) is 19.5. The number of nitrogens with one attached hydrogen (secondary N) is 1. The van der Waals surface area contributed by atoms with Crippen molar-refractivity contribution in [3.63, 3.8) is 0 Å². The van der Waals surface area contributed by atoms with E-state index in [9.17, 15) is 9.59 Å². The SMILES string of the molecule is CN1[C@@H](CCC(=O)N2CCCC2)CNC(=O)[C@@H]2[C@@H]1CCN2Cc1ccccc1. The van der Waals surface area contributed by atoms with Crippen LogP contribution in [0.15, 0.2) is 30.3 Å². The summed E-state index contributed by atoms with van der Waals surface area (Å²) < 4.78 is 0. The van der Waals surface area contributed by atoms with Gasteiger partial charge in [0.1, 0.15) is 6.04 Å². The van der Waals surface area contributed by atoms with E-state index in [2.05, 4.69) is 46.4 Å². The fourth-order valence-electron chi connectivity index (χ4n) is 5.06. The Morgan fingerprint density at radius 2 is 1.89 bits per heavy atom. The molecule has 0 spiro atoms. The third-order valence-corrected chi connectivity index (χ3v) is 6.73. The van der Waals surface area contributed by atoms with Gasteiger partial charge in [0, 0.05) is 51.2 Å². The molecule has 1 N–H and O–H groups in total. The number of hydrogen-bond donors (Lipinski definition) is 1. The Hall–Kier alpha value is -1.92. The molecule has 0 radical (unpaired) electrons. The molecule has 1 aromatic rings. The van der Waals surface area contributed by atoms with Crippen molar-refractivity contribution >= 4 is 11.8 Å². The molecule has 0 aromatic heterocycles. The molecular weight excluding hydrogens is 352 g/mol. The van der Waals surface area contributed by atoms with Gasteiger partial charge in [0.25, 0.3) is 0 Å². The highest BCUT2D eigenvalue weighted by atomic mass is 16.2. The molecule has 3 aliphatic rings. The Morgan fingerprint density at radius 3 is 2.64 bits per heavy atom. The van der Waals surface area contributed by atoms with Crippen molar-refractivity contribution < 1.29 is 9.59 Å². The summed E-state index contributed by atoms with van der Waals surface area (Å²) in [6.07, 6.45) is 4.65. The van der Waals surface area contributed by atoms with Crippen LogP contribution < -0.4 is 5.32 Å². The summed E-state index contributed by atoms with van der Waals surface area (Å²) in [7, 11) is 2.13. The Morgan fingerprint density at radius 1 is 1.14 bits per heavy atom. The number of likely N-dealkylation sites (N-methyl/N-ethyl adjacent to an activating group) is 1. The van der Waals surface area contributed by atoms with Gasteiger partial charge in [-0.2, -0.15) is 0 Å². The molecule has 3 fully saturated rings. The summed E-state index contributed by atoms with van der Waals surface area (Å²) in [5.74, 6) is 0.411. The number of carbonyl (C=O) groups is 2. The van der Waals surface area contributed by atoms with Gasteiger partial charge in [-0.1, -0.05) is 30.3 Å². The molecule has 2 amide bonds. The standard InChI is InChI=1S/C22H32N4O2/c1-24-18(9-10-20(27)25-12-5-6-13-25)15-23-22(28)21-19(24)11-14-26(21)16-17-7-3-2-4-8-17/h2-4,7-8,18-19,21H,5-6,9-16H2,1H3,(H,23,28)/t18-,19-,21-/m0/s1. The van der Waals surface area contributed by atoms with Gasteiger partial charge in [-0.15, -0.1) is 0 Å². The molecule has 0 saturated carbocycles. The molecule has 3 atom stereocenters. The fourth-order valence-corrected chi connectivity index (χ4v) is 5.06. The molecule has 3 aliphatic heterocycles. The van der Waals surface area contributed by atoms with Crippen LogP contribution in [0.5, 0.6) is 0 Å². The third kappa shape index (κ3) is 4.08. The Labute approximate surface area is 167 Å². The zero-order valence-electron chi connectivity index (χ0n) is 16.8. The number of hydrogen-bond acceptors (Lipinski definition) is 4. The molecule has 4 rings (SSSR count). The second-order valence-electron chi connectivity index (χ2n) is 8.45.